The molecular weight excluding hydrogens is 374 g/mol. The number of aromatic nitrogens is 1. The van der Waals surface area contributed by atoms with Gasteiger partial charge in [-0.25, -0.2) is 9.78 Å². The number of para-hydroxylation sites is 2. The molecule has 5 nitrogen and oxygen atoms in total. The molecule has 0 saturated carbocycles. The smallest absolute Gasteiger partial charge is 0.407 e. The number of piperidine rings is 1. The van der Waals surface area contributed by atoms with E-state index in [-0.39, 0.29) is 17.7 Å². The largest absolute Gasteiger partial charge is 0.446 e. The molecule has 4 rings (SSSR count). The zero-order valence-electron chi connectivity index (χ0n) is 17.9. The number of pyridine rings is 1. The van der Waals surface area contributed by atoms with Crippen LogP contribution in [0.25, 0.3) is 22.2 Å². The number of carbonyl (C=O) groups is 1. The second kappa shape index (κ2) is 8.34. The molecule has 1 aromatic heterocycles. The fraction of sp³-hybridized carbons (Fsp3) is 0.360. The van der Waals surface area contributed by atoms with Crippen molar-refractivity contribution < 1.29 is 9.53 Å². The summed E-state index contributed by atoms with van der Waals surface area (Å²) in [6, 6.07) is 20.8. The maximum absolute atomic E-state index is 12.1. The highest BCUT2D eigenvalue weighted by Gasteiger charge is 2.25. The van der Waals surface area contributed by atoms with Crippen LogP contribution in [0.5, 0.6) is 0 Å². The zero-order chi connectivity index (χ0) is 21.1. The van der Waals surface area contributed by atoms with Gasteiger partial charge in [0.05, 0.1) is 11.2 Å². The van der Waals surface area contributed by atoms with Gasteiger partial charge in [0.25, 0.3) is 0 Å². The van der Waals surface area contributed by atoms with Crippen LogP contribution in [0.3, 0.4) is 0 Å². The highest BCUT2D eigenvalue weighted by Crippen LogP contribution is 2.32. The number of ether oxygens (including phenoxy) is 1. The van der Waals surface area contributed by atoms with Crippen molar-refractivity contribution in [3.05, 3.63) is 60.7 Å². The average Bonchev–Trinajstić information content (AvgIpc) is 2.72. The Hall–Kier alpha value is -3.08. The maximum atomic E-state index is 12.1. The van der Waals surface area contributed by atoms with Crippen molar-refractivity contribution in [1.82, 2.24) is 10.3 Å². The van der Waals surface area contributed by atoms with Crippen LogP contribution in [0.1, 0.15) is 33.6 Å². The van der Waals surface area contributed by atoms with Crippen molar-refractivity contribution in [2.24, 2.45) is 0 Å². The number of benzene rings is 2. The summed E-state index contributed by atoms with van der Waals surface area (Å²) >= 11 is 0. The average molecular weight is 404 g/mol. The lowest BCUT2D eigenvalue weighted by molar-refractivity contribution is 0.0777. The topological polar surface area (TPSA) is 54.5 Å². The van der Waals surface area contributed by atoms with Crippen LogP contribution < -0.4 is 10.2 Å². The zero-order valence-corrected chi connectivity index (χ0v) is 17.9. The summed E-state index contributed by atoms with van der Waals surface area (Å²) in [4.78, 5) is 19.3. The van der Waals surface area contributed by atoms with Crippen LogP contribution in [-0.2, 0) is 4.74 Å². The molecule has 0 spiro atoms. The minimum absolute atomic E-state index is 0.0467. The molecule has 1 amide bonds. The first kappa shape index (κ1) is 20.2. The van der Waals surface area contributed by atoms with Gasteiger partial charge >= 0.3 is 6.09 Å². The molecule has 2 aromatic carbocycles. The molecule has 0 unspecified atom stereocenters. The molecule has 0 radical (unpaired) electrons. The number of carbonyl (C=O) groups excluding carboxylic acids is 1. The van der Waals surface area contributed by atoms with Crippen LogP contribution >= 0.6 is 0 Å². The lowest BCUT2D eigenvalue weighted by atomic mass is 10.0. The van der Waals surface area contributed by atoms with Gasteiger partial charge in [0.2, 0.25) is 0 Å². The van der Waals surface area contributed by atoms with E-state index in [2.05, 4.69) is 52.7 Å². The van der Waals surface area contributed by atoms with Gasteiger partial charge in [-0.2, -0.15) is 0 Å². The summed E-state index contributed by atoms with van der Waals surface area (Å²) in [7, 11) is 0. The minimum atomic E-state index is -0.332. The molecule has 1 saturated heterocycles. The second-order valence-electron chi connectivity index (χ2n) is 8.87. The monoisotopic (exact) mass is 403 g/mol. The normalized spacial score (nSPS) is 15.2. The maximum Gasteiger partial charge on any atom is 0.407 e. The molecule has 0 aliphatic carbocycles. The van der Waals surface area contributed by atoms with Gasteiger partial charge in [-0.1, -0.05) is 42.5 Å². The molecule has 0 bridgehead atoms. The summed E-state index contributed by atoms with van der Waals surface area (Å²) in [6.07, 6.45) is 1.25. The minimum Gasteiger partial charge on any atom is -0.446 e. The van der Waals surface area contributed by atoms with E-state index in [9.17, 15) is 4.79 Å². The summed E-state index contributed by atoms with van der Waals surface area (Å²) in [5.74, 6) is 0. The third-order valence-electron chi connectivity index (χ3n) is 5.31. The Morgan fingerprint density at radius 2 is 1.70 bits per heavy atom. The highest BCUT2D eigenvalue weighted by atomic mass is 16.6. The molecule has 0 atom stereocenters. The summed E-state index contributed by atoms with van der Waals surface area (Å²) < 4.78 is 5.63. The number of alkyl carbamates (subject to hydrolysis) is 1. The summed E-state index contributed by atoms with van der Waals surface area (Å²) in [6.45, 7) is 7.55. The molecule has 3 aromatic rings. The van der Waals surface area contributed by atoms with Crippen LogP contribution in [0.4, 0.5) is 10.5 Å². The van der Waals surface area contributed by atoms with E-state index in [0.717, 1.165) is 48.1 Å². The van der Waals surface area contributed by atoms with Gasteiger partial charge in [0.15, 0.2) is 0 Å². The van der Waals surface area contributed by atoms with Gasteiger partial charge in [-0.3, -0.25) is 0 Å². The summed E-state index contributed by atoms with van der Waals surface area (Å²) in [5.41, 5.74) is 4.00. The van der Waals surface area contributed by atoms with Crippen molar-refractivity contribution in [2.45, 2.75) is 45.3 Å². The first-order valence-corrected chi connectivity index (χ1v) is 10.6. The second-order valence-corrected chi connectivity index (χ2v) is 8.87. The predicted molar refractivity (Wildman–Crippen MR) is 122 cm³/mol. The van der Waals surface area contributed by atoms with Crippen LogP contribution in [0.15, 0.2) is 60.7 Å². The molecular formula is C25H29N3O2. The number of amides is 1. The third-order valence-corrected chi connectivity index (χ3v) is 5.31. The van der Waals surface area contributed by atoms with E-state index in [1.807, 2.05) is 39.0 Å². The third kappa shape index (κ3) is 4.73. The Kier molecular flexibility index (Phi) is 5.62. The van der Waals surface area contributed by atoms with Crippen molar-refractivity contribution >= 4 is 22.7 Å². The Labute approximate surface area is 178 Å². The fourth-order valence-corrected chi connectivity index (χ4v) is 3.88. The molecule has 156 valence electrons. The quantitative estimate of drug-likeness (QED) is 0.637. The van der Waals surface area contributed by atoms with E-state index < -0.39 is 0 Å². The SMILES string of the molecule is CC(C)(C)NC(=O)OC1CCN(c2ccccc2-c2ccc3ccccc3n2)CC1. The van der Waals surface area contributed by atoms with Crippen molar-refractivity contribution in [3.8, 4) is 11.3 Å². The van der Waals surface area contributed by atoms with E-state index >= 15 is 0 Å². The molecule has 2 heterocycles. The standard InChI is InChI=1S/C25H29N3O2/c1-25(2,3)27-24(29)30-19-14-16-28(17-15-19)23-11-7-5-9-20(23)22-13-12-18-8-4-6-10-21(18)26-22/h4-13,19H,14-17H2,1-3H3,(H,27,29). The van der Waals surface area contributed by atoms with E-state index in [4.69, 9.17) is 9.72 Å². The highest BCUT2D eigenvalue weighted by molar-refractivity contribution is 5.84. The van der Waals surface area contributed by atoms with Gasteiger partial charge in [0, 0.05) is 48.1 Å². The van der Waals surface area contributed by atoms with E-state index in [1.165, 1.54) is 5.69 Å². The van der Waals surface area contributed by atoms with Crippen molar-refractivity contribution in [2.75, 3.05) is 18.0 Å². The molecule has 1 aliphatic rings. The van der Waals surface area contributed by atoms with Gasteiger partial charge < -0.3 is 15.0 Å². The number of anilines is 1. The van der Waals surface area contributed by atoms with Gasteiger partial charge in [-0.05, 0) is 39.0 Å². The number of nitrogens with zero attached hydrogens (tertiary/aromatic N) is 2. The first-order chi connectivity index (χ1) is 14.4. The molecule has 5 heteroatoms. The fourth-order valence-electron chi connectivity index (χ4n) is 3.88. The van der Waals surface area contributed by atoms with Gasteiger partial charge in [0.1, 0.15) is 6.10 Å². The molecule has 30 heavy (non-hydrogen) atoms. The Bertz CT molecular complexity index is 1030. The van der Waals surface area contributed by atoms with E-state index in [0.29, 0.717) is 0 Å². The van der Waals surface area contributed by atoms with E-state index in [1.54, 1.807) is 0 Å². The molecule has 1 N–H and O–H groups in total. The van der Waals surface area contributed by atoms with Crippen molar-refractivity contribution in [3.63, 3.8) is 0 Å². The lowest BCUT2D eigenvalue weighted by Crippen LogP contribution is -2.44. The number of hydrogen-bond donors (Lipinski definition) is 1. The number of hydrogen-bond acceptors (Lipinski definition) is 4. The molecule has 1 aliphatic heterocycles. The van der Waals surface area contributed by atoms with Gasteiger partial charge in [-0.15, -0.1) is 0 Å². The van der Waals surface area contributed by atoms with Crippen LogP contribution in [-0.4, -0.2) is 35.8 Å². The van der Waals surface area contributed by atoms with Crippen molar-refractivity contribution in [1.29, 1.82) is 0 Å². The Balaban J connectivity index is 1.48. The number of rotatable bonds is 3. The lowest BCUT2D eigenvalue weighted by Gasteiger charge is -2.34. The molecule has 1 fully saturated rings. The Morgan fingerprint density at radius 1 is 1.00 bits per heavy atom. The Morgan fingerprint density at radius 3 is 2.47 bits per heavy atom. The first-order valence-electron chi connectivity index (χ1n) is 10.6. The summed E-state index contributed by atoms with van der Waals surface area (Å²) in [5, 5.41) is 4.02. The predicted octanol–water partition coefficient (Wildman–Crippen LogP) is 5.40. The van der Waals surface area contributed by atoms with Crippen LogP contribution in [0.2, 0.25) is 0 Å². The van der Waals surface area contributed by atoms with Crippen LogP contribution in [0, 0.1) is 0 Å². The number of nitrogens with one attached hydrogen (secondary N) is 1. The number of fused-ring (bicyclic) bond motifs is 1.